The van der Waals surface area contributed by atoms with Gasteiger partial charge >= 0.3 is 0 Å². The summed E-state index contributed by atoms with van der Waals surface area (Å²) in [4.78, 5) is 4.42. The van der Waals surface area contributed by atoms with Gasteiger partial charge in [-0.25, -0.2) is 4.98 Å². The summed E-state index contributed by atoms with van der Waals surface area (Å²) in [5.41, 5.74) is 0.433. The summed E-state index contributed by atoms with van der Waals surface area (Å²) in [6.45, 7) is 10.4. The summed E-state index contributed by atoms with van der Waals surface area (Å²) in [5, 5.41) is 0. The van der Waals surface area contributed by atoms with E-state index in [1.165, 1.54) is 12.2 Å². The molecule has 0 N–H and O–H groups in total. The lowest BCUT2D eigenvalue weighted by atomic mass is 9.80. The summed E-state index contributed by atoms with van der Waals surface area (Å²) >= 11 is 0. The molecule has 0 bridgehead atoms. The van der Waals surface area contributed by atoms with E-state index in [1.807, 2.05) is 6.20 Å². The minimum absolute atomic E-state index is 0.433. The summed E-state index contributed by atoms with van der Waals surface area (Å²) in [7, 11) is 0. The highest BCUT2D eigenvalue weighted by molar-refractivity contribution is 5.07. The molecule has 0 radical (unpaired) electrons. The first-order chi connectivity index (χ1) is 6.47. The zero-order valence-electron chi connectivity index (χ0n) is 9.62. The molecule has 2 heterocycles. The van der Waals surface area contributed by atoms with Crippen molar-refractivity contribution in [1.82, 2.24) is 9.55 Å². The van der Waals surface area contributed by atoms with Gasteiger partial charge in [-0.05, 0) is 17.8 Å². The quantitative estimate of drug-likeness (QED) is 0.668. The van der Waals surface area contributed by atoms with Gasteiger partial charge in [0.15, 0.2) is 0 Å². The number of aromatic nitrogens is 2. The van der Waals surface area contributed by atoms with E-state index in [1.54, 1.807) is 0 Å². The fourth-order valence-electron chi connectivity index (χ4n) is 2.52. The van der Waals surface area contributed by atoms with Crippen LogP contribution in [0.1, 0.15) is 45.9 Å². The van der Waals surface area contributed by atoms with Crippen molar-refractivity contribution in [2.24, 2.45) is 11.3 Å². The highest BCUT2D eigenvalue weighted by atomic mass is 15.1. The molecule has 2 nitrogen and oxygen atoms in total. The molecule has 0 amide bonds. The lowest BCUT2D eigenvalue weighted by molar-refractivity contribution is 0.270. The van der Waals surface area contributed by atoms with E-state index < -0.39 is 0 Å². The van der Waals surface area contributed by atoms with Crippen molar-refractivity contribution >= 4 is 0 Å². The van der Waals surface area contributed by atoms with Gasteiger partial charge in [-0.3, -0.25) is 0 Å². The summed E-state index contributed by atoms with van der Waals surface area (Å²) in [5.74, 6) is 2.68. The fourth-order valence-corrected chi connectivity index (χ4v) is 2.52. The van der Waals surface area contributed by atoms with Crippen LogP contribution in [0, 0.1) is 11.3 Å². The monoisotopic (exact) mass is 192 g/mol. The van der Waals surface area contributed by atoms with E-state index in [2.05, 4.69) is 43.4 Å². The third kappa shape index (κ3) is 1.70. The van der Waals surface area contributed by atoms with Crippen molar-refractivity contribution in [2.45, 2.75) is 46.6 Å². The summed E-state index contributed by atoms with van der Waals surface area (Å²) in [6, 6.07) is 0. The van der Waals surface area contributed by atoms with Gasteiger partial charge in [0.1, 0.15) is 5.82 Å². The number of fused-ring (bicyclic) bond motifs is 1. The first-order valence-corrected chi connectivity index (χ1v) is 5.48. The topological polar surface area (TPSA) is 17.8 Å². The van der Waals surface area contributed by atoms with E-state index in [0.29, 0.717) is 11.3 Å². The van der Waals surface area contributed by atoms with Crippen LogP contribution in [0.2, 0.25) is 0 Å². The third-order valence-corrected chi connectivity index (χ3v) is 3.17. The zero-order chi connectivity index (χ0) is 10.3. The molecule has 1 aliphatic heterocycles. The molecule has 2 atom stereocenters. The maximum Gasteiger partial charge on any atom is 0.111 e. The first-order valence-electron chi connectivity index (χ1n) is 5.48. The third-order valence-electron chi connectivity index (χ3n) is 3.17. The SMILES string of the molecule is C[C@@H]1c2nccn2C[C@@H]1CC(C)(C)C. The molecule has 14 heavy (non-hydrogen) atoms. The predicted molar refractivity (Wildman–Crippen MR) is 58.2 cm³/mol. The van der Waals surface area contributed by atoms with Gasteiger partial charge in [0.05, 0.1) is 0 Å². The number of nitrogens with zero attached hydrogens (tertiary/aromatic N) is 2. The number of hydrogen-bond donors (Lipinski definition) is 0. The molecule has 1 aromatic rings. The van der Waals surface area contributed by atoms with Crippen LogP contribution < -0.4 is 0 Å². The van der Waals surface area contributed by atoms with Gasteiger partial charge in [0, 0.05) is 24.9 Å². The molecule has 1 aliphatic rings. The van der Waals surface area contributed by atoms with Crippen LogP contribution in [0.15, 0.2) is 12.4 Å². The highest BCUT2D eigenvalue weighted by Gasteiger charge is 2.32. The summed E-state index contributed by atoms with van der Waals surface area (Å²) in [6.07, 6.45) is 5.31. The Morgan fingerprint density at radius 1 is 1.50 bits per heavy atom. The lowest BCUT2D eigenvalue weighted by Gasteiger charge is -2.24. The molecule has 1 aromatic heterocycles. The van der Waals surface area contributed by atoms with E-state index >= 15 is 0 Å². The second kappa shape index (κ2) is 3.11. The Hall–Kier alpha value is -0.790. The molecular formula is C12H20N2. The second-order valence-electron chi connectivity index (χ2n) is 5.75. The Balaban J connectivity index is 2.10. The van der Waals surface area contributed by atoms with Crippen LogP contribution in [-0.4, -0.2) is 9.55 Å². The molecule has 0 saturated carbocycles. The number of rotatable bonds is 1. The summed E-state index contributed by atoms with van der Waals surface area (Å²) < 4.78 is 2.31. The molecular weight excluding hydrogens is 172 g/mol. The van der Waals surface area contributed by atoms with Gasteiger partial charge in [-0.2, -0.15) is 0 Å². The van der Waals surface area contributed by atoms with Gasteiger partial charge in [-0.1, -0.05) is 27.7 Å². The molecule has 0 aliphatic carbocycles. The fraction of sp³-hybridized carbons (Fsp3) is 0.750. The largest absolute Gasteiger partial charge is 0.334 e. The maximum absolute atomic E-state index is 4.42. The smallest absolute Gasteiger partial charge is 0.111 e. The molecule has 2 rings (SSSR count). The van der Waals surface area contributed by atoms with Gasteiger partial charge in [-0.15, -0.1) is 0 Å². The van der Waals surface area contributed by atoms with Crippen LogP contribution in [0.4, 0.5) is 0 Å². The Morgan fingerprint density at radius 3 is 2.79 bits per heavy atom. The molecule has 0 saturated heterocycles. The Kier molecular flexibility index (Phi) is 2.17. The standard InChI is InChI=1S/C12H20N2/c1-9-10(7-12(2,3)4)8-14-6-5-13-11(9)14/h5-6,9-10H,7-8H2,1-4H3/t9-,10-/m0/s1. The van der Waals surface area contributed by atoms with Crippen LogP contribution in [-0.2, 0) is 6.54 Å². The van der Waals surface area contributed by atoms with Crippen molar-refractivity contribution in [1.29, 1.82) is 0 Å². The van der Waals surface area contributed by atoms with E-state index in [4.69, 9.17) is 0 Å². The number of hydrogen-bond acceptors (Lipinski definition) is 1. The molecule has 0 aromatic carbocycles. The second-order valence-corrected chi connectivity index (χ2v) is 5.75. The van der Waals surface area contributed by atoms with Gasteiger partial charge < -0.3 is 4.57 Å². The maximum atomic E-state index is 4.42. The van der Waals surface area contributed by atoms with Crippen molar-refractivity contribution < 1.29 is 0 Å². The molecule has 0 spiro atoms. The average molecular weight is 192 g/mol. The Morgan fingerprint density at radius 2 is 2.21 bits per heavy atom. The van der Waals surface area contributed by atoms with Crippen molar-refractivity contribution in [3.8, 4) is 0 Å². The van der Waals surface area contributed by atoms with Crippen molar-refractivity contribution in [3.63, 3.8) is 0 Å². The Bertz CT molecular complexity index is 319. The van der Waals surface area contributed by atoms with Crippen LogP contribution in [0.5, 0.6) is 0 Å². The zero-order valence-corrected chi connectivity index (χ0v) is 9.62. The van der Waals surface area contributed by atoms with Gasteiger partial charge in [0.25, 0.3) is 0 Å². The molecule has 2 heteroatoms. The van der Waals surface area contributed by atoms with E-state index in [9.17, 15) is 0 Å². The highest BCUT2D eigenvalue weighted by Crippen LogP contribution is 2.38. The van der Waals surface area contributed by atoms with E-state index in [-0.39, 0.29) is 0 Å². The van der Waals surface area contributed by atoms with Crippen LogP contribution >= 0.6 is 0 Å². The molecule has 78 valence electrons. The average Bonchev–Trinajstić information content (AvgIpc) is 2.55. The molecule has 0 fully saturated rings. The minimum Gasteiger partial charge on any atom is -0.334 e. The van der Waals surface area contributed by atoms with Crippen LogP contribution in [0.25, 0.3) is 0 Å². The van der Waals surface area contributed by atoms with Gasteiger partial charge in [0.2, 0.25) is 0 Å². The number of imidazole rings is 1. The van der Waals surface area contributed by atoms with E-state index in [0.717, 1.165) is 12.5 Å². The minimum atomic E-state index is 0.433. The first kappa shape index (κ1) is 9.75. The van der Waals surface area contributed by atoms with Crippen molar-refractivity contribution in [2.75, 3.05) is 0 Å². The van der Waals surface area contributed by atoms with Crippen LogP contribution in [0.3, 0.4) is 0 Å². The normalized spacial score (nSPS) is 26.6. The Labute approximate surface area is 86.3 Å². The lowest BCUT2D eigenvalue weighted by Crippen LogP contribution is -2.16. The molecule has 0 unspecified atom stereocenters. The predicted octanol–water partition coefficient (Wildman–Crippen LogP) is 3.05. The van der Waals surface area contributed by atoms with Crippen molar-refractivity contribution in [3.05, 3.63) is 18.2 Å².